The molecule has 0 unspecified atom stereocenters. The normalized spacial score (nSPS) is 15.7. The highest BCUT2D eigenvalue weighted by Crippen LogP contribution is 2.35. The zero-order chi connectivity index (χ0) is 19.4. The summed E-state index contributed by atoms with van der Waals surface area (Å²) in [6.45, 7) is 1.06. The Morgan fingerprint density at radius 1 is 1.15 bits per heavy atom. The minimum absolute atomic E-state index is 0.269. The number of nitrogens with zero attached hydrogens (tertiary/aromatic N) is 1. The highest BCUT2D eigenvalue weighted by molar-refractivity contribution is 5.77. The van der Waals surface area contributed by atoms with Gasteiger partial charge in [0.15, 0.2) is 0 Å². The Morgan fingerprint density at radius 3 is 2.44 bits per heavy atom. The fraction of sp³-hybridized carbons (Fsp3) is 0.286. The lowest BCUT2D eigenvalue weighted by molar-refractivity contribution is -0.143. The van der Waals surface area contributed by atoms with E-state index in [2.05, 4.69) is 0 Å². The first kappa shape index (κ1) is 18.9. The van der Waals surface area contributed by atoms with Gasteiger partial charge in [0.2, 0.25) is 0 Å². The smallest absolute Gasteiger partial charge is 0.325 e. The molecule has 0 aromatic heterocycles. The Balaban J connectivity index is 1.85. The highest BCUT2D eigenvalue weighted by Gasteiger charge is 2.31. The maximum absolute atomic E-state index is 13.1. The van der Waals surface area contributed by atoms with Gasteiger partial charge in [-0.3, -0.25) is 9.69 Å². The standard InChI is InChI=1S/C21H22FNO4/c1-26-17-7-8-18(19(13-17)27-2)20(21(24)25)23-11-9-15(10-12-23)14-3-5-16(22)6-4-14/h3-9,13,20H,10-12H2,1-2H3,(H,24,25)/t20-/m0/s1. The molecule has 1 N–H and O–H groups in total. The van der Waals surface area contributed by atoms with Gasteiger partial charge in [0.1, 0.15) is 23.4 Å². The Kier molecular flexibility index (Phi) is 5.76. The summed E-state index contributed by atoms with van der Waals surface area (Å²) >= 11 is 0. The van der Waals surface area contributed by atoms with E-state index >= 15 is 0 Å². The summed E-state index contributed by atoms with van der Waals surface area (Å²) in [6.07, 6.45) is 2.69. The van der Waals surface area contributed by atoms with Gasteiger partial charge in [-0.05, 0) is 41.8 Å². The first-order valence-electron chi connectivity index (χ1n) is 8.67. The van der Waals surface area contributed by atoms with Gasteiger partial charge in [0.05, 0.1) is 14.2 Å². The zero-order valence-electron chi connectivity index (χ0n) is 15.3. The second kappa shape index (κ2) is 8.22. The summed E-state index contributed by atoms with van der Waals surface area (Å²) in [5.41, 5.74) is 2.64. The maximum atomic E-state index is 13.1. The van der Waals surface area contributed by atoms with E-state index in [9.17, 15) is 14.3 Å². The van der Waals surface area contributed by atoms with Gasteiger partial charge >= 0.3 is 5.97 Å². The Morgan fingerprint density at radius 2 is 1.89 bits per heavy atom. The molecule has 1 atom stereocenters. The largest absolute Gasteiger partial charge is 0.497 e. The van der Waals surface area contributed by atoms with Gasteiger partial charge in [0.25, 0.3) is 0 Å². The van der Waals surface area contributed by atoms with Crippen molar-refractivity contribution in [3.05, 3.63) is 65.5 Å². The number of halogens is 1. The lowest BCUT2D eigenvalue weighted by Crippen LogP contribution is -2.37. The number of ether oxygens (including phenoxy) is 2. The lowest BCUT2D eigenvalue weighted by atomic mass is 9.96. The summed E-state index contributed by atoms with van der Waals surface area (Å²) < 4.78 is 23.7. The van der Waals surface area contributed by atoms with E-state index < -0.39 is 12.0 Å². The van der Waals surface area contributed by atoms with Gasteiger partial charge < -0.3 is 14.6 Å². The molecule has 0 spiro atoms. The molecule has 2 aromatic carbocycles. The van der Waals surface area contributed by atoms with Crippen molar-refractivity contribution in [2.24, 2.45) is 0 Å². The first-order chi connectivity index (χ1) is 13.0. The molecule has 0 aliphatic carbocycles. The molecule has 0 saturated carbocycles. The topological polar surface area (TPSA) is 59.0 Å². The van der Waals surface area contributed by atoms with Crippen LogP contribution in [0.3, 0.4) is 0 Å². The zero-order valence-corrected chi connectivity index (χ0v) is 15.3. The second-order valence-corrected chi connectivity index (χ2v) is 6.33. The first-order valence-corrected chi connectivity index (χ1v) is 8.67. The number of hydrogen-bond donors (Lipinski definition) is 1. The number of carboxylic acids is 1. The number of methoxy groups -OCH3 is 2. The van der Waals surface area contributed by atoms with Gasteiger partial charge in [0, 0.05) is 24.7 Å². The second-order valence-electron chi connectivity index (χ2n) is 6.33. The molecule has 27 heavy (non-hydrogen) atoms. The van der Waals surface area contributed by atoms with Crippen molar-refractivity contribution in [3.8, 4) is 11.5 Å². The van der Waals surface area contributed by atoms with Crippen LogP contribution >= 0.6 is 0 Å². The van der Waals surface area contributed by atoms with Crippen molar-refractivity contribution in [1.82, 2.24) is 4.90 Å². The predicted molar refractivity (Wildman–Crippen MR) is 100 cm³/mol. The van der Waals surface area contributed by atoms with Gasteiger partial charge in [-0.15, -0.1) is 0 Å². The fourth-order valence-corrected chi connectivity index (χ4v) is 3.38. The van der Waals surface area contributed by atoms with Crippen molar-refractivity contribution in [3.63, 3.8) is 0 Å². The molecular weight excluding hydrogens is 349 g/mol. The van der Waals surface area contributed by atoms with Crippen molar-refractivity contribution in [1.29, 1.82) is 0 Å². The van der Waals surface area contributed by atoms with E-state index in [1.807, 2.05) is 11.0 Å². The van der Waals surface area contributed by atoms with Crippen LogP contribution in [0.2, 0.25) is 0 Å². The molecular formula is C21H22FNO4. The monoisotopic (exact) mass is 371 g/mol. The Bertz CT molecular complexity index is 848. The number of benzene rings is 2. The molecule has 1 heterocycles. The number of carbonyl (C=O) groups is 1. The number of hydrogen-bond acceptors (Lipinski definition) is 4. The summed E-state index contributed by atoms with van der Waals surface area (Å²) in [5.74, 6) is -0.113. The quantitative estimate of drug-likeness (QED) is 0.838. The molecule has 0 saturated heterocycles. The van der Waals surface area contributed by atoms with Crippen LogP contribution in [0, 0.1) is 5.82 Å². The van der Waals surface area contributed by atoms with Crippen LogP contribution in [0.25, 0.3) is 5.57 Å². The van der Waals surface area contributed by atoms with E-state index in [1.165, 1.54) is 19.2 Å². The van der Waals surface area contributed by atoms with Crippen LogP contribution in [0.1, 0.15) is 23.6 Å². The van der Waals surface area contributed by atoms with E-state index in [4.69, 9.17) is 9.47 Å². The van der Waals surface area contributed by atoms with Crippen LogP contribution in [-0.2, 0) is 4.79 Å². The summed E-state index contributed by atoms with van der Waals surface area (Å²) in [5, 5.41) is 9.85. The molecule has 0 radical (unpaired) electrons. The molecule has 0 bridgehead atoms. The van der Waals surface area contributed by atoms with Crippen LogP contribution in [0.5, 0.6) is 11.5 Å². The van der Waals surface area contributed by atoms with Gasteiger partial charge in [-0.1, -0.05) is 18.2 Å². The number of carboxylic acid groups (broad SMARTS) is 1. The van der Waals surface area contributed by atoms with Crippen LogP contribution in [0.4, 0.5) is 4.39 Å². The molecule has 2 aromatic rings. The Hall–Kier alpha value is -2.86. The predicted octanol–water partition coefficient (Wildman–Crippen LogP) is 3.76. The molecule has 0 fully saturated rings. The van der Waals surface area contributed by atoms with E-state index in [0.717, 1.165) is 11.1 Å². The molecule has 0 amide bonds. The average molecular weight is 371 g/mol. The van der Waals surface area contributed by atoms with Gasteiger partial charge in [-0.25, -0.2) is 4.39 Å². The van der Waals surface area contributed by atoms with Crippen molar-refractivity contribution in [2.75, 3.05) is 27.3 Å². The minimum atomic E-state index is -0.933. The molecule has 5 nitrogen and oxygen atoms in total. The maximum Gasteiger partial charge on any atom is 0.325 e. The molecule has 6 heteroatoms. The SMILES string of the molecule is COc1ccc([C@@H](C(=O)O)N2CC=C(c3ccc(F)cc3)CC2)c(OC)c1. The average Bonchev–Trinajstić information content (AvgIpc) is 2.69. The van der Waals surface area contributed by atoms with Crippen LogP contribution in [0.15, 0.2) is 48.5 Å². The third-order valence-corrected chi connectivity index (χ3v) is 4.79. The van der Waals surface area contributed by atoms with E-state index in [-0.39, 0.29) is 5.82 Å². The summed E-state index contributed by atoms with van der Waals surface area (Å²) in [7, 11) is 3.06. The molecule has 3 rings (SSSR count). The van der Waals surface area contributed by atoms with Crippen LogP contribution < -0.4 is 9.47 Å². The van der Waals surface area contributed by atoms with Gasteiger partial charge in [-0.2, -0.15) is 0 Å². The lowest BCUT2D eigenvalue weighted by Gasteiger charge is -2.32. The molecule has 1 aliphatic rings. The molecule has 1 aliphatic heterocycles. The fourth-order valence-electron chi connectivity index (χ4n) is 3.38. The van der Waals surface area contributed by atoms with E-state index in [1.54, 1.807) is 37.4 Å². The van der Waals surface area contributed by atoms with Crippen molar-refractivity contribution < 1.29 is 23.8 Å². The summed E-state index contributed by atoms with van der Waals surface area (Å²) in [6, 6.07) is 10.7. The summed E-state index contributed by atoms with van der Waals surface area (Å²) in [4.78, 5) is 13.9. The third kappa shape index (κ3) is 4.11. The number of rotatable bonds is 6. The Labute approximate surface area is 157 Å². The molecule has 142 valence electrons. The van der Waals surface area contributed by atoms with E-state index in [0.29, 0.717) is 36.6 Å². The minimum Gasteiger partial charge on any atom is -0.497 e. The number of aliphatic carboxylic acids is 1. The van der Waals surface area contributed by atoms with Crippen LogP contribution in [-0.4, -0.2) is 43.3 Å². The third-order valence-electron chi connectivity index (χ3n) is 4.79. The highest BCUT2D eigenvalue weighted by atomic mass is 19.1. The van der Waals surface area contributed by atoms with Crippen molar-refractivity contribution in [2.45, 2.75) is 12.5 Å². The van der Waals surface area contributed by atoms with Crippen molar-refractivity contribution >= 4 is 11.5 Å².